The van der Waals surface area contributed by atoms with Crippen molar-refractivity contribution in [2.45, 2.75) is 26.9 Å². The molecule has 0 aliphatic rings. The molecule has 0 radical (unpaired) electrons. The molecule has 0 bridgehead atoms. The molecule has 3 nitrogen and oxygen atoms in total. The quantitative estimate of drug-likeness (QED) is 0.558. The number of halogens is 4. The van der Waals surface area contributed by atoms with Crippen LogP contribution in [-0.4, -0.2) is 21.7 Å². The lowest BCUT2D eigenvalue weighted by molar-refractivity contribution is -0.110. The van der Waals surface area contributed by atoms with E-state index >= 15 is 0 Å². The average molecular weight is 240 g/mol. The van der Waals surface area contributed by atoms with Gasteiger partial charge in [-0.05, 0) is 13.8 Å². The van der Waals surface area contributed by atoms with Crippen LogP contribution in [0.1, 0.15) is 29.9 Å². The smallest absolute Gasteiger partial charge is 0.294 e. The summed E-state index contributed by atoms with van der Waals surface area (Å²) in [5.74, 6) is -0.844. The molecule has 0 N–H and O–H groups in total. The molecule has 92 valence electrons. The van der Waals surface area contributed by atoms with Gasteiger partial charge >= 0.3 is 6.18 Å². The Morgan fingerprint density at radius 1 is 1.38 bits per heavy atom. The zero-order chi connectivity index (χ0) is 13.1. The lowest BCUT2D eigenvalue weighted by Crippen LogP contribution is -1.98. The summed E-state index contributed by atoms with van der Waals surface area (Å²) in [4.78, 5) is 10.8. The Kier molecular flexibility index (Phi) is 4.64. The number of carbonyl (C=O) groups excluding carboxylic acids is 1. The Morgan fingerprint density at radius 2 is 1.75 bits per heavy atom. The average Bonchev–Trinajstić information content (AvgIpc) is 2.22. The van der Waals surface area contributed by atoms with Gasteiger partial charge in [0.1, 0.15) is 0 Å². The van der Waals surface area contributed by atoms with Crippen molar-refractivity contribution in [3.63, 3.8) is 0 Å². The molecule has 0 aliphatic carbocycles. The third-order valence-corrected chi connectivity index (χ3v) is 1.50. The fraction of sp³-hybridized carbons (Fsp3) is 0.556. The van der Waals surface area contributed by atoms with Gasteiger partial charge in [0, 0.05) is 14.0 Å². The van der Waals surface area contributed by atoms with Crippen LogP contribution in [-0.2, 0) is 7.05 Å². The number of alkyl halides is 3. The third kappa shape index (κ3) is 4.90. The Hall–Kier alpha value is -1.40. The maximum atomic E-state index is 13.0. The molecule has 0 amide bonds. The van der Waals surface area contributed by atoms with Crippen LogP contribution in [0.25, 0.3) is 0 Å². The van der Waals surface area contributed by atoms with E-state index in [0.29, 0.717) is 5.69 Å². The number of carbonyl (C=O) groups is 1. The molecule has 1 rings (SSSR count). The molecule has 1 aromatic rings. The van der Waals surface area contributed by atoms with Crippen molar-refractivity contribution < 1.29 is 22.4 Å². The van der Waals surface area contributed by atoms with Crippen molar-refractivity contribution in [2.24, 2.45) is 7.05 Å². The van der Waals surface area contributed by atoms with E-state index in [-0.39, 0.29) is 18.3 Å². The Morgan fingerprint density at radius 3 is 1.88 bits per heavy atom. The lowest BCUT2D eigenvalue weighted by atomic mass is 10.2. The predicted octanol–water partition coefficient (Wildman–Crippen LogP) is 2.64. The minimum Gasteiger partial charge on any atom is -0.294 e. The summed E-state index contributed by atoms with van der Waals surface area (Å²) < 4.78 is 45.1. The molecule has 0 unspecified atom stereocenters. The van der Waals surface area contributed by atoms with Crippen LogP contribution in [0.2, 0.25) is 0 Å². The lowest BCUT2D eigenvalue weighted by Gasteiger charge is -1.90. The summed E-state index contributed by atoms with van der Waals surface area (Å²) in [5, 5.41) is 3.75. The second-order valence-electron chi connectivity index (χ2n) is 3.21. The van der Waals surface area contributed by atoms with Crippen LogP contribution in [0.15, 0.2) is 0 Å². The van der Waals surface area contributed by atoms with Gasteiger partial charge in [0.2, 0.25) is 5.95 Å². The van der Waals surface area contributed by atoms with Crippen LogP contribution in [0.3, 0.4) is 0 Å². The molecular weight excluding hydrogens is 228 g/mol. The Labute approximate surface area is 90.1 Å². The Balaban J connectivity index is 0.000000385. The van der Waals surface area contributed by atoms with Gasteiger partial charge in [-0.2, -0.15) is 22.7 Å². The molecule has 7 heteroatoms. The summed E-state index contributed by atoms with van der Waals surface area (Å²) in [6.45, 7) is 3.12. The molecule has 0 atom stereocenters. The number of aromatic nitrogens is 2. The number of Topliss-reactive ketones (excluding diaryl/α,β-unsaturated/α-hetero) is 1. The second kappa shape index (κ2) is 5.09. The normalized spacial score (nSPS) is 10.8. The molecule has 0 spiro atoms. The highest BCUT2D eigenvalue weighted by molar-refractivity contribution is 5.95. The molecule has 0 aromatic carbocycles. The molecule has 0 saturated heterocycles. The molecule has 0 aliphatic heterocycles. The molecule has 0 fully saturated rings. The van der Waals surface area contributed by atoms with Crippen molar-refractivity contribution in [1.82, 2.24) is 9.78 Å². The first-order valence-electron chi connectivity index (χ1n) is 4.30. The standard InChI is InChI=1S/C7H9FN2O.C2H3F3/c1-4-6(5(2)11)7(8)10(3)9-4;1-2(3,4)5/h1-3H3;1H3. The summed E-state index contributed by atoms with van der Waals surface area (Å²) in [6.07, 6.45) is -4.00. The molecule has 1 aromatic heterocycles. The van der Waals surface area contributed by atoms with Crippen LogP contribution in [0.4, 0.5) is 17.6 Å². The van der Waals surface area contributed by atoms with Crippen LogP contribution < -0.4 is 0 Å². The van der Waals surface area contributed by atoms with Crippen LogP contribution in [0, 0.1) is 12.9 Å². The van der Waals surface area contributed by atoms with Gasteiger partial charge in [-0.15, -0.1) is 0 Å². The van der Waals surface area contributed by atoms with Crippen molar-refractivity contribution in [3.05, 3.63) is 17.2 Å². The van der Waals surface area contributed by atoms with E-state index in [1.807, 2.05) is 0 Å². The Bertz CT molecular complexity index is 376. The number of ketones is 1. The molecule has 0 saturated carbocycles. The van der Waals surface area contributed by atoms with E-state index in [2.05, 4.69) is 5.10 Å². The van der Waals surface area contributed by atoms with Crippen LogP contribution >= 0.6 is 0 Å². The maximum absolute atomic E-state index is 13.0. The van der Waals surface area contributed by atoms with E-state index in [9.17, 15) is 22.4 Å². The molecular formula is C9H12F4N2O. The summed E-state index contributed by atoms with van der Waals surface area (Å²) in [6, 6.07) is 0. The summed E-state index contributed by atoms with van der Waals surface area (Å²) >= 11 is 0. The van der Waals surface area contributed by atoms with E-state index < -0.39 is 12.1 Å². The third-order valence-electron chi connectivity index (χ3n) is 1.50. The highest BCUT2D eigenvalue weighted by Crippen LogP contribution is 2.11. The molecule has 16 heavy (non-hydrogen) atoms. The first-order valence-corrected chi connectivity index (χ1v) is 4.30. The van der Waals surface area contributed by atoms with Crippen molar-refractivity contribution >= 4 is 5.78 Å². The zero-order valence-electron chi connectivity index (χ0n) is 9.31. The predicted molar refractivity (Wildman–Crippen MR) is 49.6 cm³/mol. The summed E-state index contributed by atoms with van der Waals surface area (Å²) in [7, 11) is 1.47. The van der Waals surface area contributed by atoms with Gasteiger partial charge < -0.3 is 0 Å². The second-order valence-corrected chi connectivity index (χ2v) is 3.21. The minimum absolute atomic E-state index is 0.0903. The fourth-order valence-electron chi connectivity index (χ4n) is 1.03. The topological polar surface area (TPSA) is 34.9 Å². The van der Waals surface area contributed by atoms with Gasteiger partial charge in [0.25, 0.3) is 0 Å². The number of hydrogen-bond acceptors (Lipinski definition) is 2. The SMILES string of the molecule is CC(=O)c1c(C)nn(C)c1F.CC(F)(F)F. The van der Waals surface area contributed by atoms with Crippen molar-refractivity contribution in [3.8, 4) is 0 Å². The van der Waals surface area contributed by atoms with Gasteiger partial charge in [0.15, 0.2) is 5.78 Å². The van der Waals surface area contributed by atoms with E-state index in [4.69, 9.17) is 0 Å². The molecule has 1 heterocycles. The summed E-state index contributed by atoms with van der Waals surface area (Å²) in [5.41, 5.74) is 0.532. The van der Waals surface area contributed by atoms with Gasteiger partial charge in [-0.25, -0.2) is 4.68 Å². The first-order chi connectivity index (χ1) is 7.04. The van der Waals surface area contributed by atoms with Crippen molar-refractivity contribution in [1.29, 1.82) is 0 Å². The number of nitrogens with zero attached hydrogens (tertiary/aromatic N) is 2. The largest absolute Gasteiger partial charge is 0.386 e. The van der Waals surface area contributed by atoms with Gasteiger partial charge in [-0.1, -0.05) is 0 Å². The fourth-order valence-corrected chi connectivity index (χ4v) is 1.03. The number of hydrogen-bond donors (Lipinski definition) is 0. The number of aryl methyl sites for hydroxylation is 2. The van der Waals surface area contributed by atoms with Crippen molar-refractivity contribution in [2.75, 3.05) is 0 Å². The van der Waals surface area contributed by atoms with Crippen LogP contribution in [0.5, 0.6) is 0 Å². The highest BCUT2D eigenvalue weighted by Gasteiger charge is 2.16. The minimum atomic E-state index is -4.00. The van der Waals surface area contributed by atoms with E-state index in [0.717, 1.165) is 4.68 Å². The van der Waals surface area contributed by atoms with E-state index in [1.54, 1.807) is 6.92 Å². The van der Waals surface area contributed by atoms with Gasteiger partial charge in [-0.3, -0.25) is 4.79 Å². The maximum Gasteiger partial charge on any atom is 0.386 e. The zero-order valence-corrected chi connectivity index (χ0v) is 9.31. The van der Waals surface area contributed by atoms with E-state index in [1.165, 1.54) is 14.0 Å². The monoisotopic (exact) mass is 240 g/mol. The first kappa shape index (κ1) is 14.6. The highest BCUT2D eigenvalue weighted by atomic mass is 19.4. The number of rotatable bonds is 1. The van der Waals surface area contributed by atoms with Gasteiger partial charge in [0.05, 0.1) is 11.3 Å².